The topological polar surface area (TPSA) is 63.7 Å². The first-order valence-electron chi connectivity index (χ1n) is 9.02. The monoisotopic (exact) mass is 330 g/mol. The van der Waals surface area contributed by atoms with Gasteiger partial charge in [0.1, 0.15) is 11.4 Å². The molecule has 0 bridgehead atoms. The van der Waals surface area contributed by atoms with Gasteiger partial charge >= 0.3 is 0 Å². The van der Waals surface area contributed by atoms with E-state index in [1.807, 2.05) is 26.8 Å². The Labute approximate surface area is 143 Å². The van der Waals surface area contributed by atoms with E-state index in [9.17, 15) is 14.4 Å². The summed E-state index contributed by atoms with van der Waals surface area (Å²) in [7, 11) is 0. The highest BCUT2D eigenvalue weighted by Gasteiger charge is 2.73. The zero-order valence-electron chi connectivity index (χ0n) is 15.1. The molecule has 0 N–H and O–H groups in total. The number of rotatable bonds is 0. The number of ether oxygens (including phenoxy) is 1. The van der Waals surface area contributed by atoms with Crippen LogP contribution in [-0.2, 0) is 19.1 Å². The van der Waals surface area contributed by atoms with Crippen LogP contribution in [0.2, 0.25) is 0 Å². The minimum atomic E-state index is -1.06. The number of Topliss-reactive ketones (excluding diaryl/α,β-unsaturated/α-hetero) is 3. The summed E-state index contributed by atoms with van der Waals surface area (Å²) >= 11 is 0. The molecular weight excluding hydrogens is 304 g/mol. The number of ketones is 3. The fraction of sp³-hybridized carbons (Fsp3) is 0.750. The lowest BCUT2D eigenvalue weighted by atomic mass is 9.64. The van der Waals surface area contributed by atoms with Gasteiger partial charge in [0.2, 0.25) is 0 Å². The fourth-order valence-electron chi connectivity index (χ4n) is 5.85. The molecule has 4 nitrogen and oxygen atoms in total. The van der Waals surface area contributed by atoms with E-state index < -0.39 is 11.0 Å². The van der Waals surface area contributed by atoms with Crippen LogP contribution in [0.25, 0.3) is 0 Å². The lowest BCUT2D eigenvalue weighted by molar-refractivity contribution is -0.144. The standard InChI is InChI=1S/C20H26O4/c1-10-6-12-16(23)19(5)14(18(3,4)9-15(19)22)7-13(21)11(2)8-20(12)17(10)24-20/h8,10,12,14,17H,6-7,9H2,1-5H3/b11-8+/t10-,12-,14-,17+,19+,20-/m1/s1. The van der Waals surface area contributed by atoms with Crippen LogP contribution in [0.3, 0.4) is 0 Å². The molecule has 1 aliphatic heterocycles. The smallest absolute Gasteiger partial charge is 0.158 e. The van der Waals surface area contributed by atoms with E-state index in [0.29, 0.717) is 12.0 Å². The summed E-state index contributed by atoms with van der Waals surface area (Å²) in [6.45, 7) is 9.74. The van der Waals surface area contributed by atoms with Crippen LogP contribution in [0, 0.1) is 28.6 Å². The molecule has 1 heterocycles. The molecule has 1 saturated heterocycles. The van der Waals surface area contributed by atoms with Crippen molar-refractivity contribution in [1.29, 1.82) is 0 Å². The Bertz CT molecular complexity index is 702. The first kappa shape index (κ1) is 16.2. The number of fused-ring (bicyclic) bond motifs is 1. The minimum Gasteiger partial charge on any atom is -0.361 e. The molecule has 0 aromatic rings. The van der Waals surface area contributed by atoms with E-state index >= 15 is 0 Å². The van der Waals surface area contributed by atoms with Crippen molar-refractivity contribution >= 4 is 17.3 Å². The van der Waals surface area contributed by atoms with Crippen molar-refractivity contribution < 1.29 is 19.1 Å². The van der Waals surface area contributed by atoms with E-state index in [2.05, 4.69) is 6.92 Å². The average molecular weight is 330 g/mol. The molecule has 0 radical (unpaired) electrons. The van der Waals surface area contributed by atoms with Gasteiger partial charge in [-0.3, -0.25) is 14.4 Å². The molecule has 130 valence electrons. The van der Waals surface area contributed by atoms with E-state index in [1.54, 1.807) is 6.92 Å². The zero-order chi connectivity index (χ0) is 17.7. The molecule has 1 spiro atoms. The quantitative estimate of drug-likeness (QED) is 0.506. The first-order valence-corrected chi connectivity index (χ1v) is 9.02. The Morgan fingerprint density at radius 3 is 2.46 bits per heavy atom. The van der Waals surface area contributed by atoms with E-state index in [-0.39, 0.29) is 53.0 Å². The van der Waals surface area contributed by atoms with Gasteiger partial charge in [0.25, 0.3) is 0 Å². The Hall–Kier alpha value is -1.29. The van der Waals surface area contributed by atoms with Crippen LogP contribution < -0.4 is 0 Å². The maximum Gasteiger partial charge on any atom is 0.158 e. The van der Waals surface area contributed by atoms with Crippen molar-refractivity contribution in [3.8, 4) is 0 Å². The van der Waals surface area contributed by atoms with Gasteiger partial charge in [0.15, 0.2) is 11.6 Å². The van der Waals surface area contributed by atoms with Crippen LogP contribution in [0.15, 0.2) is 11.6 Å². The second-order valence-electron chi connectivity index (χ2n) is 9.32. The lowest BCUT2D eigenvalue weighted by Crippen LogP contribution is -2.46. The molecule has 0 aromatic carbocycles. The van der Waals surface area contributed by atoms with Gasteiger partial charge in [-0.2, -0.15) is 0 Å². The lowest BCUT2D eigenvalue weighted by Gasteiger charge is -2.36. The van der Waals surface area contributed by atoms with Gasteiger partial charge in [-0.1, -0.05) is 20.8 Å². The molecule has 0 amide bonds. The highest BCUT2D eigenvalue weighted by molar-refractivity contribution is 6.11. The van der Waals surface area contributed by atoms with Crippen LogP contribution in [-0.4, -0.2) is 29.1 Å². The molecule has 4 heteroatoms. The number of hydrogen-bond acceptors (Lipinski definition) is 4. The normalized spacial score (nSPS) is 51.7. The maximum absolute atomic E-state index is 13.6. The van der Waals surface area contributed by atoms with E-state index in [0.717, 1.165) is 6.42 Å². The van der Waals surface area contributed by atoms with Crippen molar-refractivity contribution in [2.24, 2.45) is 28.6 Å². The molecular formula is C20H26O4. The Morgan fingerprint density at radius 2 is 1.83 bits per heavy atom. The highest BCUT2D eigenvalue weighted by Crippen LogP contribution is 2.63. The zero-order valence-corrected chi connectivity index (χ0v) is 15.1. The largest absolute Gasteiger partial charge is 0.361 e. The molecule has 0 aromatic heterocycles. The molecule has 3 aliphatic carbocycles. The Morgan fingerprint density at radius 1 is 1.17 bits per heavy atom. The van der Waals surface area contributed by atoms with Crippen LogP contribution in [0.4, 0.5) is 0 Å². The first-order chi connectivity index (χ1) is 11.0. The predicted molar refractivity (Wildman–Crippen MR) is 88.3 cm³/mol. The van der Waals surface area contributed by atoms with Crippen LogP contribution >= 0.6 is 0 Å². The Balaban J connectivity index is 1.89. The molecule has 2 saturated carbocycles. The summed E-state index contributed by atoms with van der Waals surface area (Å²) in [4.78, 5) is 39.3. The summed E-state index contributed by atoms with van der Waals surface area (Å²) in [6, 6.07) is 0. The molecule has 3 fully saturated rings. The van der Waals surface area contributed by atoms with Crippen molar-refractivity contribution in [3.63, 3.8) is 0 Å². The predicted octanol–water partition coefficient (Wildman–Crippen LogP) is 2.89. The summed E-state index contributed by atoms with van der Waals surface area (Å²) in [5.41, 5.74) is -1.34. The highest BCUT2D eigenvalue weighted by atomic mass is 16.6. The van der Waals surface area contributed by atoms with Crippen molar-refractivity contribution in [3.05, 3.63) is 11.6 Å². The van der Waals surface area contributed by atoms with Crippen LogP contribution in [0.5, 0.6) is 0 Å². The van der Waals surface area contributed by atoms with Crippen molar-refractivity contribution in [1.82, 2.24) is 0 Å². The SMILES string of the molecule is C/C1=C\[C@]23O[C@H]2[C@H](C)C[C@@H]3C(=O)[C@]2(C)C(=O)CC(C)(C)[C@H]2CC1=O. The minimum absolute atomic E-state index is 0.00163. The average Bonchev–Trinajstić information content (AvgIpc) is 3.10. The molecule has 6 atom stereocenters. The fourth-order valence-corrected chi connectivity index (χ4v) is 5.85. The summed E-state index contributed by atoms with van der Waals surface area (Å²) < 4.78 is 5.96. The maximum atomic E-state index is 13.6. The molecule has 4 rings (SSSR count). The van der Waals surface area contributed by atoms with E-state index in [4.69, 9.17) is 4.74 Å². The van der Waals surface area contributed by atoms with Gasteiger partial charge in [-0.15, -0.1) is 0 Å². The number of epoxide rings is 1. The Kier molecular flexibility index (Phi) is 3.01. The van der Waals surface area contributed by atoms with Gasteiger partial charge in [0, 0.05) is 12.8 Å². The molecule has 4 aliphatic rings. The molecule has 24 heavy (non-hydrogen) atoms. The van der Waals surface area contributed by atoms with Gasteiger partial charge in [0.05, 0.1) is 17.4 Å². The third-order valence-corrected chi connectivity index (χ3v) is 7.32. The second kappa shape index (κ2) is 4.46. The number of carbonyl (C=O) groups excluding carboxylic acids is 3. The second-order valence-corrected chi connectivity index (χ2v) is 9.32. The number of hydrogen-bond donors (Lipinski definition) is 0. The summed E-state index contributed by atoms with van der Waals surface area (Å²) in [5, 5.41) is 0. The summed E-state index contributed by atoms with van der Waals surface area (Å²) in [6.07, 6.45) is 3.30. The molecule has 0 unspecified atom stereocenters. The summed E-state index contributed by atoms with van der Waals surface area (Å²) in [5.74, 6) is -0.196. The van der Waals surface area contributed by atoms with Crippen LogP contribution in [0.1, 0.15) is 53.9 Å². The third-order valence-electron chi connectivity index (χ3n) is 7.32. The van der Waals surface area contributed by atoms with Crippen molar-refractivity contribution in [2.75, 3.05) is 0 Å². The third kappa shape index (κ3) is 1.75. The van der Waals surface area contributed by atoms with Gasteiger partial charge in [-0.05, 0) is 49.2 Å². The van der Waals surface area contributed by atoms with Gasteiger partial charge in [-0.25, -0.2) is 0 Å². The number of allylic oxidation sites excluding steroid dienone is 1. The van der Waals surface area contributed by atoms with Crippen molar-refractivity contribution in [2.45, 2.75) is 65.6 Å². The van der Waals surface area contributed by atoms with E-state index in [1.165, 1.54) is 0 Å². The van der Waals surface area contributed by atoms with Gasteiger partial charge < -0.3 is 4.74 Å². The number of carbonyl (C=O) groups is 3.